The molecule has 4 aromatic carbocycles. The Morgan fingerprint density at radius 3 is 2.37 bits per heavy atom. The second kappa shape index (κ2) is 9.13. The monoisotopic (exact) mass is 636 g/mol. The number of rotatable bonds is 3. The van der Waals surface area contributed by atoms with Gasteiger partial charge in [0, 0.05) is 32.8 Å². The van der Waals surface area contributed by atoms with E-state index in [4.69, 9.17) is 14.4 Å². The van der Waals surface area contributed by atoms with Gasteiger partial charge in [-0.25, -0.2) is 4.98 Å². The number of phenols is 1. The van der Waals surface area contributed by atoms with Gasteiger partial charge in [0.1, 0.15) is 11.3 Å². The van der Waals surface area contributed by atoms with Gasteiger partial charge in [0.25, 0.3) is 0 Å². The molecule has 0 radical (unpaired) electrons. The number of hydrogen-bond acceptors (Lipinski definition) is 4. The second-order valence-corrected chi connectivity index (χ2v) is 8.45. The van der Waals surface area contributed by atoms with E-state index in [0.29, 0.717) is 17.0 Å². The number of hydrogen-bond donors (Lipinski definition) is 1. The quantitative estimate of drug-likeness (QED) is 0.205. The molecular weight excluding hydrogens is 615 g/mol. The number of fused-ring (bicyclic) bond motifs is 2. The molecule has 6 aromatic rings. The predicted octanol–water partition coefficient (Wildman–Crippen LogP) is 7.50. The van der Waals surface area contributed by atoms with Gasteiger partial charge < -0.3 is 9.52 Å². The van der Waals surface area contributed by atoms with Gasteiger partial charge in [0.2, 0.25) is 5.89 Å². The first-order chi connectivity index (χ1) is 16.6. The fourth-order valence-electron chi connectivity index (χ4n) is 4.51. The Balaban J connectivity index is 0.00000253. The SMILES string of the molecule is Cc1ccc2c(C)ccnc2c1-c1[c-]c(-c2cccc3oc(-c4ccccc4O)nc23)ccc1.[Pt]. The summed E-state index contributed by atoms with van der Waals surface area (Å²) in [7, 11) is 0. The summed E-state index contributed by atoms with van der Waals surface area (Å²) in [5.74, 6) is 0.527. The fourth-order valence-corrected chi connectivity index (χ4v) is 4.51. The summed E-state index contributed by atoms with van der Waals surface area (Å²) in [6.45, 7) is 4.22. The van der Waals surface area contributed by atoms with E-state index in [2.05, 4.69) is 38.1 Å². The van der Waals surface area contributed by atoms with Crippen molar-refractivity contribution in [1.82, 2.24) is 9.97 Å². The molecule has 0 bridgehead atoms. The Hall–Kier alpha value is -3.75. The van der Waals surface area contributed by atoms with Crippen LogP contribution in [0.1, 0.15) is 11.1 Å². The van der Waals surface area contributed by atoms with Gasteiger partial charge in [0.15, 0.2) is 0 Å². The Kier molecular flexibility index (Phi) is 6.00. The second-order valence-electron chi connectivity index (χ2n) is 8.45. The Labute approximate surface area is 217 Å². The van der Waals surface area contributed by atoms with Crippen LogP contribution in [-0.2, 0) is 21.1 Å². The van der Waals surface area contributed by atoms with Gasteiger partial charge in [-0.3, -0.25) is 4.98 Å². The summed E-state index contributed by atoms with van der Waals surface area (Å²) >= 11 is 0. The maximum Gasteiger partial charge on any atom is 0.230 e. The van der Waals surface area contributed by atoms with Gasteiger partial charge >= 0.3 is 0 Å². The van der Waals surface area contributed by atoms with Crippen LogP contribution in [0, 0.1) is 19.9 Å². The number of oxazole rings is 1. The molecule has 1 N–H and O–H groups in total. The Morgan fingerprint density at radius 1 is 0.743 bits per heavy atom. The summed E-state index contributed by atoms with van der Waals surface area (Å²) in [4.78, 5) is 9.45. The zero-order valence-corrected chi connectivity index (χ0v) is 21.4. The van der Waals surface area contributed by atoms with Gasteiger partial charge in [-0.1, -0.05) is 53.1 Å². The zero-order valence-electron chi connectivity index (χ0n) is 19.1. The molecule has 2 aromatic heterocycles. The molecule has 0 unspecified atom stereocenters. The third-order valence-corrected chi connectivity index (χ3v) is 6.25. The molecule has 0 fully saturated rings. The van der Waals surface area contributed by atoms with Gasteiger partial charge in [-0.05, 0) is 49.1 Å². The normalized spacial score (nSPS) is 11.0. The van der Waals surface area contributed by atoms with Crippen LogP contribution in [0.15, 0.2) is 89.5 Å². The van der Waals surface area contributed by atoms with E-state index in [1.54, 1.807) is 18.2 Å². The molecule has 174 valence electrons. The maximum absolute atomic E-state index is 10.3. The Bertz CT molecular complexity index is 1700. The van der Waals surface area contributed by atoms with E-state index in [0.717, 1.165) is 44.2 Å². The number of aryl methyl sites for hydroxylation is 2. The topological polar surface area (TPSA) is 59.2 Å². The van der Waals surface area contributed by atoms with Crippen molar-refractivity contribution < 1.29 is 30.6 Å². The van der Waals surface area contributed by atoms with E-state index in [9.17, 15) is 5.11 Å². The maximum atomic E-state index is 10.3. The van der Waals surface area contributed by atoms with E-state index in [1.807, 2.05) is 48.7 Å². The first-order valence-electron chi connectivity index (χ1n) is 11.2. The zero-order chi connectivity index (χ0) is 23.2. The number of nitrogens with zero attached hydrogens (tertiary/aromatic N) is 2. The molecule has 0 saturated carbocycles. The molecule has 0 amide bonds. The van der Waals surface area contributed by atoms with Crippen molar-refractivity contribution in [2.75, 3.05) is 0 Å². The molecular formula is C30H21N2O2Pt-. The smallest absolute Gasteiger partial charge is 0.230 e. The molecule has 4 nitrogen and oxygen atoms in total. The minimum atomic E-state index is 0. The van der Waals surface area contributed by atoms with Gasteiger partial charge in [0.05, 0.1) is 11.1 Å². The summed E-state index contributed by atoms with van der Waals surface area (Å²) in [6.07, 6.45) is 1.86. The minimum Gasteiger partial charge on any atom is -0.507 e. The predicted molar refractivity (Wildman–Crippen MR) is 136 cm³/mol. The largest absolute Gasteiger partial charge is 0.507 e. The van der Waals surface area contributed by atoms with Crippen molar-refractivity contribution >= 4 is 22.0 Å². The number of pyridine rings is 1. The molecule has 0 spiro atoms. The van der Waals surface area contributed by atoms with E-state index in [1.165, 1.54) is 5.56 Å². The van der Waals surface area contributed by atoms with Crippen LogP contribution < -0.4 is 0 Å². The number of benzene rings is 4. The van der Waals surface area contributed by atoms with Crippen LogP contribution in [0.5, 0.6) is 5.75 Å². The molecule has 6 rings (SSSR count). The van der Waals surface area contributed by atoms with Crippen molar-refractivity contribution in [2.45, 2.75) is 13.8 Å². The molecule has 5 heteroatoms. The average molecular weight is 637 g/mol. The molecule has 0 aliphatic heterocycles. The number of para-hydroxylation sites is 2. The summed E-state index contributed by atoms with van der Waals surface area (Å²) in [6, 6.07) is 29.0. The molecule has 0 aliphatic rings. The van der Waals surface area contributed by atoms with Gasteiger partial charge in [-0.2, -0.15) is 0 Å². The van der Waals surface area contributed by atoms with Crippen LogP contribution in [0.4, 0.5) is 0 Å². The van der Waals surface area contributed by atoms with Crippen LogP contribution in [0.25, 0.3) is 55.7 Å². The fraction of sp³-hybridized carbons (Fsp3) is 0.0667. The molecule has 0 atom stereocenters. The first-order valence-corrected chi connectivity index (χ1v) is 11.2. The van der Waals surface area contributed by atoms with Crippen LogP contribution in [-0.4, -0.2) is 15.1 Å². The molecule has 0 saturated heterocycles. The van der Waals surface area contributed by atoms with Crippen LogP contribution >= 0.6 is 0 Å². The van der Waals surface area contributed by atoms with Crippen LogP contribution in [0.2, 0.25) is 0 Å². The molecule has 35 heavy (non-hydrogen) atoms. The third-order valence-electron chi connectivity index (χ3n) is 6.25. The standard InChI is InChI=1S/C30H21N2O2.Pt/c1-18-15-16-31-29-22(18)14-13-19(2)27(29)21-8-5-7-20(17-21)23-10-6-12-26-28(23)32-30(34-26)24-9-3-4-11-25(24)33;/h3-16,33H,1-2H3;/q-1;. The van der Waals surface area contributed by atoms with Crippen molar-refractivity contribution in [1.29, 1.82) is 0 Å². The minimum absolute atomic E-state index is 0. The summed E-state index contributed by atoms with van der Waals surface area (Å²) in [5, 5.41) is 11.4. The van der Waals surface area contributed by atoms with E-state index in [-0.39, 0.29) is 26.8 Å². The number of aromatic hydroxyl groups is 1. The number of phenolic OH excluding ortho intramolecular Hbond substituents is 1. The summed E-state index contributed by atoms with van der Waals surface area (Å²) < 4.78 is 6.01. The first kappa shape index (κ1) is 23.0. The summed E-state index contributed by atoms with van der Waals surface area (Å²) in [5.41, 5.74) is 9.21. The van der Waals surface area contributed by atoms with E-state index >= 15 is 0 Å². The van der Waals surface area contributed by atoms with Crippen LogP contribution in [0.3, 0.4) is 0 Å². The van der Waals surface area contributed by atoms with Crippen molar-refractivity contribution in [3.05, 3.63) is 102 Å². The van der Waals surface area contributed by atoms with Crippen molar-refractivity contribution in [3.63, 3.8) is 0 Å². The average Bonchev–Trinajstić information content (AvgIpc) is 3.29. The third kappa shape index (κ3) is 3.94. The van der Waals surface area contributed by atoms with E-state index < -0.39 is 0 Å². The molecule has 2 heterocycles. The molecule has 0 aliphatic carbocycles. The Morgan fingerprint density at radius 2 is 1.51 bits per heavy atom. The number of aromatic nitrogens is 2. The van der Waals surface area contributed by atoms with Gasteiger partial charge in [-0.15, -0.1) is 35.4 Å². The van der Waals surface area contributed by atoms with Crippen molar-refractivity contribution in [3.8, 4) is 39.5 Å². The van der Waals surface area contributed by atoms with Crippen molar-refractivity contribution in [2.24, 2.45) is 0 Å².